The first-order valence-electron chi connectivity index (χ1n) is 14.2. The minimum atomic E-state index is -0.216. The zero-order valence-electron chi connectivity index (χ0n) is 23.5. The average Bonchev–Trinajstić information content (AvgIpc) is 3.48. The van der Waals surface area contributed by atoms with E-state index in [0.29, 0.717) is 11.1 Å². The number of nitrogens with one attached hydrogen (secondary N) is 3. The Morgan fingerprint density at radius 1 is 1.15 bits per heavy atom. The Hall–Kier alpha value is -4.35. The Bertz CT molecular complexity index is 1670. The van der Waals surface area contributed by atoms with Crippen LogP contribution in [0, 0.1) is 29.6 Å². The lowest BCUT2D eigenvalue weighted by Gasteiger charge is -2.53. The smallest absolute Gasteiger partial charge is 0.252 e. The summed E-state index contributed by atoms with van der Waals surface area (Å²) in [6, 6.07) is 18.2. The van der Waals surface area contributed by atoms with Crippen LogP contribution in [0.25, 0.3) is 10.9 Å². The number of piperidine rings is 1. The van der Waals surface area contributed by atoms with Crippen molar-refractivity contribution in [3.05, 3.63) is 99.1 Å². The molecule has 1 spiro atoms. The van der Waals surface area contributed by atoms with Gasteiger partial charge in [0.15, 0.2) is 0 Å². The van der Waals surface area contributed by atoms with Crippen molar-refractivity contribution in [2.24, 2.45) is 11.3 Å². The second-order valence-electron chi connectivity index (χ2n) is 11.6. The highest BCUT2D eigenvalue weighted by molar-refractivity contribution is 5.94. The number of fused-ring (bicyclic) bond motifs is 1. The van der Waals surface area contributed by atoms with E-state index in [2.05, 4.69) is 57.4 Å². The minimum Gasteiger partial charge on any atom is -0.496 e. The molecule has 2 fully saturated rings. The number of hydrogen-bond acceptors (Lipinski definition) is 5. The first-order valence-corrected chi connectivity index (χ1v) is 14.2. The van der Waals surface area contributed by atoms with Crippen molar-refractivity contribution in [2.45, 2.75) is 51.7 Å². The van der Waals surface area contributed by atoms with Crippen LogP contribution < -0.4 is 15.6 Å². The van der Waals surface area contributed by atoms with E-state index in [9.17, 15) is 14.9 Å². The highest BCUT2D eigenvalue weighted by Gasteiger charge is 2.49. The molecular weight excluding hydrogens is 514 g/mol. The molecule has 8 nitrogen and oxygen atoms in total. The summed E-state index contributed by atoms with van der Waals surface area (Å²) in [5.74, 6) is 0.833. The van der Waals surface area contributed by atoms with Crippen molar-refractivity contribution < 1.29 is 9.53 Å². The fraction of sp³-hybridized carbons (Fsp3) is 0.364. The number of carbonyl (C=O) groups excluding carboxylic acids is 1. The number of aromatic nitrogens is 2. The molecule has 1 aliphatic carbocycles. The van der Waals surface area contributed by atoms with Gasteiger partial charge in [-0.25, -0.2) is 0 Å². The molecule has 8 heteroatoms. The van der Waals surface area contributed by atoms with Gasteiger partial charge in [-0.05, 0) is 86.0 Å². The summed E-state index contributed by atoms with van der Waals surface area (Å²) in [7, 11) is 1.73. The van der Waals surface area contributed by atoms with E-state index < -0.39 is 0 Å². The molecular formula is C33H35N5O3. The van der Waals surface area contributed by atoms with Crippen LogP contribution >= 0.6 is 0 Å². The molecule has 1 saturated heterocycles. The number of nitrogens with zero attached hydrogens (tertiary/aromatic N) is 2. The maximum atomic E-state index is 12.9. The molecule has 1 amide bonds. The van der Waals surface area contributed by atoms with Gasteiger partial charge in [0, 0.05) is 65.0 Å². The molecule has 1 unspecified atom stereocenters. The third kappa shape index (κ3) is 5.14. The number of ether oxygens (including phenoxy) is 1. The summed E-state index contributed by atoms with van der Waals surface area (Å²) in [6.45, 7) is 3.94. The molecule has 2 aromatic heterocycles. The molecule has 6 rings (SSSR count). The molecule has 1 aliphatic heterocycles. The van der Waals surface area contributed by atoms with Crippen molar-refractivity contribution in [1.29, 1.82) is 5.26 Å². The summed E-state index contributed by atoms with van der Waals surface area (Å²) >= 11 is 0. The number of nitriles is 1. The van der Waals surface area contributed by atoms with E-state index in [4.69, 9.17) is 4.74 Å². The average molecular weight is 550 g/mol. The van der Waals surface area contributed by atoms with E-state index in [0.717, 1.165) is 61.2 Å². The standard InChI is InChI=1S/C33H35N5O3/c1-21-14-29(41-2)27(26-9-12-35-30(21)26)20-38-13-10-33(15-22(16-33)18-34)17-28(38)23-5-7-24(8-6-23)31(39)37-19-25-4-3-11-36-32(25)40/h3-9,11-12,14,22,28,35H,10,13,15-17,19-20H2,1-2H3,(H,36,40)(H,37,39). The number of likely N-dealkylation sites (tertiary alicyclic amines) is 1. The van der Waals surface area contributed by atoms with Gasteiger partial charge >= 0.3 is 0 Å². The van der Waals surface area contributed by atoms with Crippen LogP contribution in [0.15, 0.2) is 65.7 Å². The Kier molecular flexibility index (Phi) is 7.14. The number of aromatic amines is 2. The molecule has 4 aromatic rings. The largest absolute Gasteiger partial charge is 0.496 e. The SMILES string of the molecule is COc1cc(C)c2[nH]ccc2c1CN1CCC2(CC(C#N)C2)CC1c1ccc(C(=O)NCc2ccc[nH]c2=O)cc1. The Morgan fingerprint density at radius 3 is 2.68 bits per heavy atom. The lowest BCUT2D eigenvalue weighted by Crippen LogP contribution is -2.48. The summed E-state index contributed by atoms with van der Waals surface area (Å²) in [4.78, 5) is 33.4. The van der Waals surface area contributed by atoms with E-state index in [1.807, 2.05) is 18.3 Å². The summed E-state index contributed by atoms with van der Waals surface area (Å²) in [6.07, 6.45) is 7.54. The molecule has 210 valence electrons. The predicted octanol–water partition coefficient (Wildman–Crippen LogP) is 5.36. The maximum Gasteiger partial charge on any atom is 0.252 e. The number of methoxy groups -OCH3 is 1. The van der Waals surface area contributed by atoms with Gasteiger partial charge in [0.25, 0.3) is 11.5 Å². The first-order chi connectivity index (χ1) is 19.9. The van der Waals surface area contributed by atoms with E-state index in [1.54, 1.807) is 25.4 Å². The number of H-pyrrole nitrogens is 2. The molecule has 0 radical (unpaired) electrons. The molecule has 41 heavy (non-hydrogen) atoms. The van der Waals surface area contributed by atoms with Crippen molar-refractivity contribution in [3.63, 3.8) is 0 Å². The van der Waals surface area contributed by atoms with Gasteiger partial charge in [-0.3, -0.25) is 14.5 Å². The van der Waals surface area contributed by atoms with Crippen molar-refractivity contribution in [2.75, 3.05) is 13.7 Å². The normalized spacial score (nSPS) is 22.3. The second kappa shape index (κ2) is 10.9. The van der Waals surface area contributed by atoms with Crippen LogP contribution in [0.5, 0.6) is 5.75 Å². The third-order valence-corrected chi connectivity index (χ3v) is 9.13. The number of aryl methyl sites for hydroxylation is 1. The van der Waals surface area contributed by atoms with Crippen molar-refractivity contribution in [3.8, 4) is 11.8 Å². The van der Waals surface area contributed by atoms with Crippen LogP contribution in [0.3, 0.4) is 0 Å². The van der Waals surface area contributed by atoms with Crippen molar-refractivity contribution >= 4 is 16.8 Å². The third-order valence-electron chi connectivity index (χ3n) is 9.13. The topological polar surface area (TPSA) is 114 Å². The van der Waals surface area contributed by atoms with Gasteiger partial charge in [-0.2, -0.15) is 5.26 Å². The number of pyridine rings is 1. The number of amides is 1. The zero-order valence-corrected chi connectivity index (χ0v) is 23.5. The van der Waals surface area contributed by atoms with Gasteiger partial charge in [0.1, 0.15) is 5.75 Å². The molecule has 3 heterocycles. The molecule has 3 N–H and O–H groups in total. The maximum absolute atomic E-state index is 12.9. The molecule has 1 atom stereocenters. The Labute approximate surface area is 239 Å². The summed E-state index contributed by atoms with van der Waals surface area (Å²) in [5, 5.41) is 13.5. The van der Waals surface area contributed by atoms with Gasteiger partial charge in [0.05, 0.1) is 13.2 Å². The number of carbonyl (C=O) groups is 1. The minimum absolute atomic E-state index is 0.154. The van der Waals surface area contributed by atoms with Gasteiger partial charge in [-0.15, -0.1) is 0 Å². The van der Waals surface area contributed by atoms with Crippen LogP contribution in [0.4, 0.5) is 0 Å². The molecule has 0 bridgehead atoms. The van der Waals surface area contributed by atoms with E-state index in [1.165, 1.54) is 10.9 Å². The van der Waals surface area contributed by atoms with E-state index >= 15 is 0 Å². The van der Waals surface area contributed by atoms with Crippen LogP contribution in [-0.2, 0) is 13.1 Å². The monoisotopic (exact) mass is 549 g/mol. The highest BCUT2D eigenvalue weighted by atomic mass is 16.5. The summed E-state index contributed by atoms with van der Waals surface area (Å²) < 4.78 is 5.85. The van der Waals surface area contributed by atoms with Gasteiger partial charge in [0.2, 0.25) is 0 Å². The zero-order chi connectivity index (χ0) is 28.6. The summed E-state index contributed by atoms with van der Waals surface area (Å²) in [5.41, 5.74) is 5.69. The molecule has 2 aliphatic rings. The fourth-order valence-electron chi connectivity index (χ4n) is 6.86. The van der Waals surface area contributed by atoms with E-state index in [-0.39, 0.29) is 35.4 Å². The Morgan fingerprint density at radius 2 is 1.95 bits per heavy atom. The number of hydrogen-bond donors (Lipinski definition) is 3. The van der Waals surface area contributed by atoms with Crippen LogP contribution in [0.1, 0.15) is 64.3 Å². The lowest BCUT2D eigenvalue weighted by atomic mass is 9.56. The van der Waals surface area contributed by atoms with Gasteiger partial charge < -0.3 is 20.0 Å². The second-order valence-corrected chi connectivity index (χ2v) is 11.6. The Balaban J connectivity index is 1.25. The molecule has 2 aromatic carbocycles. The fourth-order valence-corrected chi connectivity index (χ4v) is 6.86. The first kappa shape index (κ1) is 26.9. The van der Waals surface area contributed by atoms with Crippen LogP contribution in [-0.4, -0.2) is 34.4 Å². The van der Waals surface area contributed by atoms with Crippen LogP contribution in [0.2, 0.25) is 0 Å². The number of rotatable bonds is 7. The van der Waals surface area contributed by atoms with Gasteiger partial charge in [-0.1, -0.05) is 18.2 Å². The highest BCUT2D eigenvalue weighted by Crippen LogP contribution is 2.56. The lowest BCUT2D eigenvalue weighted by molar-refractivity contribution is -0.0298. The molecule has 1 saturated carbocycles. The quantitative estimate of drug-likeness (QED) is 0.287. The predicted molar refractivity (Wildman–Crippen MR) is 157 cm³/mol. The number of benzene rings is 2. The van der Waals surface area contributed by atoms with Crippen molar-refractivity contribution in [1.82, 2.24) is 20.2 Å².